The quantitative estimate of drug-likeness (QED) is 0.454. The topological polar surface area (TPSA) is 89.9 Å². The Bertz CT molecular complexity index is 1080. The minimum Gasteiger partial charge on any atom is -0.469 e. The predicted molar refractivity (Wildman–Crippen MR) is 132 cm³/mol. The number of fused-ring (bicyclic) bond motifs is 3. The van der Waals surface area contributed by atoms with Gasteiger partial charge in [-0.3, -0.25) is 8.98 Å². The van der Waals surface area contributed by atoms with Crippen molar-refractivity contribution >= 4 is 16.1 Å². The smallest absolute Gasteiger partial charge is 0.311 e. The van der Waals surface area contributed by atoms with Crippen LogP contribution in [0.4, 0.5) is 0 Å². The van der Waals surface area contributed by atoms with E-state index in [4.69, 9.17) is 8.92 Å². The number of aliphatic hydroxyl groups is 1. The molecule has 7 heteroatoms. The first-order valence-corrected chi connectivity index (χ1v) is 14.6. The molecule has 6 nitrogen and oxygen atoms in total. The Hall–Kier alpha value is -1.44. The van der Waals surface area contributed by atoms with Gasteiger partial charge in [0, 0.05) is 11.3 Å². The first kappa shape index (κ1) is 25.2. The number of methoxy groups -OCH3 is 1. The minimum absolute atomic E-state index is 0.0243. The number of hydrogen-bond acceptors (Lipinski definition) is 6. The van der Waals surface area contributed by atoms with Crippen molar-refractivity contribution < 1.29 is 27.2 Å². The number of aliphatic hydroxyl groups excluding tert-OH is 1. The molecule has 1 aromatic rings. The van der Waals surface area contributed by atoms with Gasteiger partial charge >= 0.3 is 5.97 Å². The largest absolute Gasteiger partial charge is 0.469 e. The number of hydrogen-bond donors (Lipinski definition) is 1. The zero-order chi connectivity index (χ0) is 25.2. The number of benzene rings is 1. The molecule has 1 N–H and O–H groups in total. The summed E-state index contributed by atoms with van der Waals surface area (Å²) < 4.78 is 36.5. The van der Waals surface area contributed by atoms with E-state index in [1.165, 1.54) is 7.11 Å². The number of ether oxygens (including phenoxy) is 1. The highest BCUT2D eigenvalue weighted by Crippen LogP contribution is 2.72. The van der Waals surface area contributed by atoms with Crippen LogP contribution < -0.4 is 0 Å². The van der Waals surface area contributed by atoms with Gasteiger partial charge in [0.15, 0.2) is 0 Å². The molecule has 1 aromatic carbocycles. The molecule has 0 amide bonds. The van der Waals surface area contributed by atoms with Crippen LogP contribution in [-0.2, 0) is 23.8 Å². The van der Waals surface area contributed by atoms with Gasteiger partial charge in [0.1, 0.15) is 0 Å². The molecule has 0 unspecified atom stereocenters. The summed E-state index contributed by atoms with van der Waals surface area (Å²) >= 11 is 0. The molecule has 1 spiro atoms. The van der Waals surface area contributed by atoms with Crippen molar-refractivity contribution in [1.29, 1.82) is 0 Å². The maximum absolute atomic E-state index is 12.9. The van der Waals surface area contributed by atoms with E-state index in [1.807, 2.05) is 6.92 Å². The van der Waals surface area contributed by atoms with E-state index in [1.54, 1.807) is 24.3 Å². The van der Waals surface area contributed by atoms with Crippen LogP contribution in [0.25, 0.3) is 0 Å². The zero-order valence-electron chi connectivity index (χ0n) is 21.5. The Morgan fingerprint density at radius 3 is 2.43 bits per heavy atom. The lowest BCUT2D eigenvalue weighted by Gasteiger charge is -2.69. The standard InChI is InChI=1S/C28H40O6S/c1-18-6-8-20(9-7-18)35(31,32)34-17-21-19-10-14-28(24(21)29)15-11-22-26(2,23(28)16-19)12-5-13-27(22,3)25(30)33-4/h6-9,19,21-24,29H,5,10-17H2,1-4H3/t19-,21-,22+,23+,24+,26-,27-,28+/m1/s1. The Balaban J connectivity index is 1.38. The number of esters is 1. The molecule has 6 rings (SSSR count). The van der Waals surface area contributed by atoms with E-state index in [0.29, 0.717) is 5.92 Å². The van der Waals surface area contributed by atoms with Crippen molar-refractivity contribution in [2.75, 3.05) is 13.7 Å². The van der Waals surface area contributed by atoms with E-state index < -0.39 is 21.6 Å². The fourth-order valence-electron chi connectivity index (χ4n) is 9.12. The molecule has 35 heavy (non-hydrogen) atoms. The zero-order valence-corrected chi connectivity index (χ0v) is 22.3. The summed E-state index contributed by atoms with van der Waals surface area (Å²) in [5.41, 5.74) is 0.258. The molecule has 5 saturated carbocycles. The third-order valence-electron chi connectivity index (χ3n) is 10.9. The second-order valence-corrected chi connectivity index (χ2v) is 14.0. The van der Waals surface area contributed by atoms with Crippen LogP contribution in [0.2, 0.25) is 0 Å². The summed E-state index contributed by atoms with van der Waals surface area (Å²) in [6, 6.07) is 6.68. The van der Waals surface area contributed by atoms with Gasteiger partial charge < -0.3 is 9.84 Å². The second kappa shape index (κ2) is 8.56. The van der Waals surface area contributed by atoms with Gasteiger partial charge in [-0.2, -0.15) is 8.42 Å². The van der Waals surface area contributed by atoms with Crippen molar-refractivity contribution in [2.24, 2.45) is 39.9 Å². The fraction of sp³-hybridized carbons (Fsp3) is 0.750. The number of aryl methyl sites for hydroxylation is 1. The monoisotopic (exact) mass is 504 g/mol. The number of carbonyl (C=O) groups excluding carboxylic acids is 1. The third-order valence-corrected chi connectivity index (χ3v) is 12.2. The van der Waals surface area contributed by atoms with Crippen molar-refractivity contribution in [3.63, 3.8) is 0 Å². The first-order chi connectivity index (χ1) is 16.5. The van der Waals surface area contributed by atoms with Gasteiger partial charge in [-0.1, -0.05) is 31.0 Å². The van der Waals surface area contributed by atoms with E-state index in [0.717, 1.165) is 56.9 Å². The Kier molecular flexibility index (Phi) is 6.17. The lowest BCUT2D eigenvalue weighted by Crippen LogP contribution is -2.67. The predicted octanol–water partition coefficient (Wildman–Crippen LogP) is 4.87. The van der Waals surface area contributed by atoms with Gasteiger partial charge in [-0.05, 0) is 94.1 Å². The molecule has 0 aliphatic heterocycles. The molecule has 5 aliphatic carbocycles. The maximum atomic E-state index is 12.9. The van der Waals surface area contributed by atoms with Crippen LogP contribution >= 0.6 is 0 Å². The molecule has 0 aromatic heterocycles. The SMILES string of the molecule is COC(=O)[C@]1(C)CCC[C@@]2(C)[C@@H]3C[C@H]4CC[C@@]3(CC[C@@H]21)[C@@H](O)[C@@H]4COS(=O)(=O)c1ccc(C)cc1. The highest BCUT2D eigenvalue weighted by Gasteiger charge is 2.68. The van der Waals surface area contributed by atoms with Gasteiger partial charge in [0.2, 0.25) is 0 Å². The van der Waals surface area contributed by atoms with Crippen LogP contribution in [0.1, 0.15) is 70.8 Å². The lowest BCUT2D eigenvalue weighted by atomic mass is 9.35. The average Bonchev–Trinajstić information content (AvgIpc) is 2.83. The minimum atomic E-state index is -3.87. The van der Waals surface area contributed by atoms with Gasteiger partial charge in [0.25, 0.3) is 10.1 Å². The van der Waals surface area contributed by atoms with E-state index in [2.05, 4.69) is 13.8 Å². The molecular formula is C28H40O6S. The highest BCUT2D eigenvalue weighted by molar-refractivity contribution is 7.86. The molecular weight excluding hydrogens is 464 g/mol. The van der Waals surface area contributed by atoms with Crippen LogP contribution in [-0.4, -0.2) is 39.3 Å². The second-order valence-electron chi connectivity index (χ2n) is 12.3. The fourth-order valence-corrected chi connectivity index (χ4v) is 10.1. The highest BCUT2D eigenvalue weighted by atomic mass is 32.2. The van der Waals surface area contributed by atoms with Crippen molar-refractivity contribution in [3.8, 4) is 0 Å². The van der Waals surface area contributed by atoms with Gasteiger partial charge in [0.05, 0.1) is 30.1 Å². The van der Waals surface area contributed by atoms with E-state index in [9.17, 15) is 18.3 Å². The average molecular weight is 505 g/mol. The number of carbonyl (C=O) groups is 1. The Morgan fingerprint density at radius 1 is 1.06 bits per heavy atom. The van der Waals surface area contributed by atoms with Crippen molar-refractivity contribution in [3.05, 3.63) is 29.8 Å². The molecule has 0 radical (unpaired) electrons. The molecule has 2 bridgehead atoms. The normalized spacial score (nSPS) is 42.7. The Morgan fingerprint density at radius 2 is 1.74 bits per heavy atom. The molecule has 0 heterocycles. The molecule has 5 aliphatic rings. The summed E-state index contributed by atoms with van der Waals surface area (Å²) in [7, 11) is -2.38. The summed E-state index contributed by atoms with van der Waals surface area (Å²) in [6.07, 6.45) is 7.06. The van der Waals surface area contributed by atoms with Crippen LogP contribution in [0.15, 0.2) is 29.2 Å². The Labute approximate surface area is 209 Å². The van der Waals surface area contributed by atoms with Crippen molar-refractivity contribution in [1.82, 2.24) is 0 Å². The summed E-state index contributed by atoms with van der Waals surface area (Å²) in [6.45, 7) is 6.38. The molecule has 8 atom stereocenters. The lowest BCUT2D eigenvalue weighted by molar-refractivity contribution is -0.247. The van der Waals surface area contributed by atoms with E-state index in [-0.39, 0.29) is 46.1 Å². The molecule has 0 saturated heterocycles. The van der Waals surface area contributed by atoms with Crippen LogP contribution in [0.3, 0.4) is 0 Å². The van der Waals surface area contributed by atoms with Crippen molar-refractivity contribution in [2.45, 2.75) is 83.1 Å². The van der Waals surface area contributed by atoms with Gasteiger partial charge in [-0.25, -0.2) is 0 Å². The number of rotatable bonds is 5. The van der Waals surface area contributed by atoms with E-state index >= 15 is 0 Å². The van der Waals surface area contributed by atoms with Crippen LogP contribution in [0, 0.1) is 46.8 Å². The summed E-state index contributed by atoms with van der Waals surface area (Å²) in [4.78, 5) is 13.0. The third kappa shape index (κ3) is 3.71. The van der Waals surface area contributed by atoms with Gasteiger partial charge in [-0.15, -0.1) is 0 Å². The first-order valence-electron chi connectivity index (χ1n) is 13.2. The molecule has 5 fully saturated rings. The summed E-state index contributed by atoms with van der Waals surface area (Å²) in [5.74, 6) is 0.521. The molecule has 194 valence electrons. The van der Waals surface area contributed by atoms with Crippen LogP contribution in [0.5, 0.6) is 0 Å². The maximum Gasteiger partial charge on any atom is 0.311 e. The summed E-state index contributed by atoms with van der Waals surface area (Å²) in [5, 5.41) is 11.8.